The van der Waals surface area contributed by atoms with Crippen molar-refractivity contribution in [3.05, 3.63) is 53.9 Å². The molecule has 1 aromatic heterocycles. The Morgan fingerprint density at radius 2 is 1.59 bits per heavy atom. The van der Waals surface area contributed by atoms with E-state index >= 15 is 0 Å². The predicted molar refractivity (Wildman–Crippen MR) is 55.7 cm³/mol. The summed E-state index contributed by atoms with van der Waals surface area (Å²) in [6, 6.07) is 1.78. The van der Waals surface area contributed by atoms with Crippen molar-refractivity contribution in [3.8, 4) is 0 Å². The van der Waals surface area contributed by atoms with Gasteiger partial charge in [-0.2, -0.15) is 0 Å². The first-order chi connectivity index (χ1) is 8.16. The molecule has 88 valence electrons. The van der Waals surface area contributed by atoms with E-state index in [2.05, 4.69) is 15.3 Å². The minimum absolute atomic E-state index is 0.158. The van der Waals surface area contributed by atoms with Crippen molar-refractivity contribution in [3.63, 3.8) is 0 Å². The summed E-state index contributed by atoms with van der Waals surface area (Å²) in [6.07, 6.45) is 4.51. The Bertz CT molecular complexity index is 494. The van der Waals surface area contributed by atoms with Crippen LogP contribution >= 0.6 is 0 Å². The van der Waals surface area contributed by atoms with Crippen LogP contribution in [0.15, 0.2) is 30.9 Å². The molecule has 0 amide bonds. The zero-order valence-corrected chi connectivity index (χ0v) is 8.62. The molecular weight excluding hydrogens is 231 g/mol. The molecule has 0 saturated carbocycles. The molecule has 2 aromatic rings. The van der Waals surface area contributed by atoms with Crippen molar-refractivity contribution >= 4 is 5.69 Å². The van der Waals surface area contributed by atoms with Gasteiger partial charge in [-0.15, -0.1) is 0 Å². The van der Waals surface area contributed by atoms with Crippen LogP contribution in [0.4, 0.5) is 18.9 Å². The summed E-state index contributed by atoms with van der Waals surface area (Å²) >= 11 is 0. The third-order valence-corrected chi connectivity index (χ3v) is 2.09. The first kappa shape index (κ1) is 11.4. The van der Waals surface area contributed by atoms with E-state index < -0.39 is 17.5 Å². The first-order valence-electron chi connectivity index (χ1n) is 4.79. The summed E-state index contributed by atoms with van der Waals surface area (Å²) in [6.45, 7) is 0.297. The van der Waals surface area contributed by atoms with Gasteiger partial charge >= 0.3 is 0 Å². The van der Waals surface area contributed by atoms with Crippen LogP contribution in [-0.2, 0) is 6.54 Å². The molecule has 0 aliphatic carbocycles. The monoisotopic (exact) mass is 239 g/mol. The van der Waals surface area contributed by atoms with Crippen molar-refractivity contribution in [2.75, 3.05) is 5.32 Å². The van der Waals surface area contributed by atoms with E-state index in [0.717, 1.165) is 17.7 Å². The number of aromatic nitrogens is 2. The van der Waals surface area contributed by atoms with Gasteiger partial charge in [0.25, 0.3) is 0 Å². The Balaban J connectivity index is 2.10. The zero-order chi connectivity index (χ0) is 12.3. The van der Waals surface area contributed by atoms with E-state index in [9.17, 15) is 13.2 Å². The molecule has 0 atom stereocenters. The van der Waals surface area contributed by atoms with Crippen LogP contribution in [0, 0.1) is 17.5 Å². The Morgan fingerprint density at radius 3 is 2.18 bits per heavy atom. The number of halogens is 3. The van der Waals surface area contributed by atoms with Gasteiger partial charge in [-0.1, -0.05) is 0 Å². The topological polar surface area (TPSA) is 37.8 Å². The van der Waals surface area contributed by atoms with Gasteiger partial charge in [0.15, 0.2) is 17.5 Å². The second kappa shape index (κ2) is 4.82. The average Bonchev–Trinajstić information content (AvgIpc) is 2.34. The lowest BCUT2D eigenvalue weighted by Crippen LogP contribution is -2.02. The molecule has 0 spiro atoms. The summed E-state index contributed by atoms with van der Waals surface area (Å²) in [5.41, 5.74) is 0.905. The third kappa shape index (κ3) is 2.72. The highest BCUT2D eigenvalue weighted by atomic mass is 19.2. The maximum absolute atomic E-state index is 12.9. The van der Waals surface area contributed by atoms with E-state index in [1.165, 1.54) is 6.33 Å². The zero-order valence-electron chi connectivity index (χ0n) is 8.62. The fourth-order valence-electron chi connectivity index (χ4n) is 1.28. The molecule has 0 bridgehead atoms. The molecule has 6 heteroatoms. The van der Waals surface area contributed by atoms with Crippen LogP contribution in [0.1, 0.15) is 5.56 Å². The van der Waals surface area contributed by atoms with Gasteiger partial charge in [-0.25, -0.2) is 23.1 Å². The quantitative estimate of drug-likeness (QED) is 0.836. The fraction of sp³-hybridized carbons (Fsp3) is 0.0909. The SMILES string of the molecule is Fc1cc(NCc2cncnc2)cc(F)c1F. The molecule has 17 heavy (non-hydrogen) atoms. The van der Waals surface area contributed by atoms with Crippen molar-refractivity contribution in [1.82, 2.24) is 9.97 Å². The Kier molecular flexibility index (Phi) is 3.22. The smallest absolute Gasteiger partial charge is 0.194 e. The molecule has 3 nitrogen and oxygen atoms in total. The number of anilines is 1. The number of nitrogens with zero attached hydrogens (tertiary/aromatic N) is 2. The van der Waals surface area contributed by atoms with Gasteiger partial charge in [-0.3, -0.25) is 0 Å². The van der Waals surface area contributed by atoms with Gasteiger partial charge in [-0.05, 0) is 0 Å². The van der Waals surface area contributed by atoms with E-state index in [1.54, 1.807) is 12.4 Å². The highest BCUT2D eigenvalue weighted by Gasteiger charge is 2.10. The minimum Gasteiger partial charge on any atom is -0.381 e. The van der Waals surface area contributed by atoms with E-state index in [1.807, 2.05) is 0 Å². The lowest BCUT2D eigenvalue weighted by molar-refractivity contribution is 0.447. The van der Waals surface area contributed by atoms with Crippen molar-refractivity contribution in [2.24, 2.45) is 0 Å². The summed E-state index contributed by atoms with van der Waals surface area (Å²) < 4.78 is 38.4. The highest BCUT2D eigenvalue weighted by Crippen LogP contribution is 2.17. The number of hydrogen-bond acceptors (Lipinski definition) is 3. The molecule has 0 radical (unpaired) electrons. The molecule has 2 rings (SSSR count). The Morgan fingerprint density at radius 1 is 1.00 bits per heavy atom. The fourth-order valence-corrected chi connectivity index (χ4v) is 1.28. The average molecular weight is 239 g/mol. The van der Waals surface area contributed by atoms with Crippen LogP contribution in [0.2, 0.25) is 0 Å². The van der Waals surface area contributed by atoms with Gasteiger partial charge in [0.05, 0.1) is 0 Å². The van der Waals surface area contributed by atoms with Gasteiger partial charge in [0.1, 0.15) is 6.33 Å². The van der Waals surface area contributed by atoms with Gasteiger partial charge in [0, 0.05) is 42.3 Å². The van der Waals surface area contributed by atoms with E-state index in [-0.39, 0.29) is 5.69 Å². The third-order valence-electron chi connectivity index (χ3n) is 2.09. The first-order valence-corrected chi connectivity index (χ1v) is 4.79. The predicted octanol–water partition coefficient (Wildman–Crippen LogP) is 2.51. The van der Waals surface area contributed by atoms with Crippen LogP contribution in [0.3, 0.4) is 0 Å². The molecule has 0 fully saturated rings. The van der Waals surface area contributed by atoms with Crippen molar-refractivity contribution in [1.29, 1.82) is 0 Å². The van der Waals surface area contributed by atoms with Crippen LogP contribution in [-0.4, -0.2) is 9.97 Å². The van der Waals surface area contributed by atoms with Crippen LogP contribution < -0.4 is 5.32 Å². The van der Waals surface area contributed by atoms with Crippen molar-refractivity contribution < 1.29 is 13.2 Å². The molecule has 0 unspecified atom stereocenters. The number of rotatable bonds is 3. The maximum Gasteiger partial charge on any atom is 0.194 e. The Hall–Kier alpha value is -2.11. The minimum atomic E-state index is -1.47. The lowest BCUT2D eigenvalue weighted by atomic mass is 10.2. The molecule has 1 aromatic carbocycles. The maximum atomic E-state index is 12.9. The van der Waals surface area contributed by atoms with E-state index in [0.29, 0.717) is 6.54 Å². The largest absolute Gasteiger partial charge is 0.381 e. The Labute approximate surface area is 95.3 Å². The molecule has 0 aliphatic rings. The second-order valence-corrected chi connectivity index (χ2v) is 3.35. The standard InChI is InChI=1S/C11H8F3N3/c12-9-1-8(2-10(13)11(9)14)17-5-7-3-15-6-16-4-7/h1-4,6,17H,5H2. The van der Waals surface area contributed by atoms with E-state index in [4.69, 9.17) is 0 Å². The molecule has 0 saturated heterocycles. The second-order valence-electron chi connectivity index (χ2n) is 3.35. The summed E-state index contributed by atoms with van der Waals surface area (Å²) in [5, 5.41) is 2.74. The molecule has 1 heterocycles. The summed E-state index contributed by atoms with van der Waals surface area (Å²) in [5.74, 6) is -3.92. The van der Waals surface area contributed by atoms with Gasteiger partial charge in [0.2, 0.25) is 0 Å². The normalized spacial score (nSPS) is 10.3. The number of hydrogen-bond donors (Lipinski definition) is 1. The van der Waals surface area contributed by atoms with Crippen LogP contribution in [0.5, 0.6) is 0 Å². The molecule has 1 N–H and O–H groups in total. The molecule has 0 aliphatic heterocycles. The number of benzene rings is 1. The number of nitrogens with one attached hydrogen (secondary N) is 1. The van der Waals surface area contributed by atoms with Gasteiger partial charge < -0.3 is 5.32 Å². The van der Waals surface area contributed by atoms with Crippen molar-refractivity contribution in [2.45, 2.75) is 6.54 Å². The lowest BCUT2D eigenvalue weighted by Gasteiger charge is -2.06. The summed E-state index contributed by atoms with van der Waals surface area (Å²) in [7, 11) is 0. The molecular formula is C11H8F3N3. The van der Waals surface area contributed by atoms with Crippen LogP contribution in [0.25, 0.3) is 0 Å². The highest BCUT2D eigenvalue weighted by molar-refractivity contribution is 5.44. The summed E-state index contributed by atoms with van der Waals surface area (Å²) in [4.78, 5) is 7.57.